The maximum Gasteiger partial charge on any atom is 0.159 e. The topological polar surface area (TPSA) is 82.6 Å². The van der Waals surface area contributed by atoms with E-state index in [1.807, 2.05) is 0 Å². The van der Waals surface area contributed by atoms with Gasteiger partial charge in [-0.3, -0.25) is 4.98 Å². The number of phenols is 2. The van der Waals surface area contributed by atoms with E-state index in [9.17, 15) is 10.2 Å². The molecule has 5 heteroatoms. The SMILES string of the molecule is C1CC(N2CCCC2)C1.Nc1c2c(nc3cc(O)c(O)cc13)CCC2. The number of nitrogens with two attached hydrogens (primary N) is 1. The highest BCUT2D eigenvalue weighted by molar-refractivity contribution is 5.94. The normalized spacial score (nSPS) is 20.2. The fourth-order valence-corrected chi connectivity index (χ4v) is 4.18. The number of pyridine rings is 1. The fraction of sp³-hybridized carbons (Fsp3) is 0.550. The van der Waals surface area contributed by atoms with E-state index >= 15 is 0 Å². The Morgan fingerprint density at radius 3 is 2.36 bits per heavy atom. The number of aromatic hydroxyl groups is 2. The lowest BCUT2D eigenvalue weighted by molar-refractivity contribution is 0.159. The standard InChI is InChI=1S/C12H12N2O2.C8H15N/c13-12-6-2-1-3-8(6)14-9-5-11(16)10(15)4-7(9)12;1-2-7-9(6-1)8-4-3-5-8/h4-5,15-16H,1-3H2,(H2,13,14);8H,1-7H2. The van der Waals surface area contributed by atoms with Crippen LogP contribution in [0, 0.1) is 0 Å². The third kappa shape index (κ3) is 3.13. The number of rotatable bonds is 1. The zero-order valence-corrected chi connectivity index (χ0v) is 14.7. The van der Waals surface area contributed by atoms with Gasteiger partial charge in [-0.2, -0.15) is 0 Å². The van der Waals surface area contributed by atoms with E-state index in [-0.39, 0.29) is 11.5 Å². The summed E-state index contributed by atoms with van der Waals surface area (Å²) in [6, 6.07) is 3.94. The predicted octanol–water partition coefficient (Wildman–Crippen LogP) is 3.35. The van der Waals surface area contributed by atoms with Gasteiger partial charge in [0.2, 0.25) is 0 Å². The first-order valence-corrected chi connectivity index (χ1v) is 9.50. The van der Waals surface area contributed by atoms with Crippen molar-refractivity contribution in [2.75, 3.05) is 18.8 Å². The summed E-state index contributed by atoms with van der Waals surface area (Å²) in [5.74, 6) is -0.309. The van der Waals surface area contributed by atoms with Crippen molar-refractivity contribution in [3.8, 4) is 11.5 Å². The third-order valence-electron chi connectivity index (χ3n) is 5.88. The Kier molecular flexibility index (Phi) is 4.42. The molecule has 1 aromatic carbocycles. The van der Waals surface area contributed by atoms with Crippen LogP contribution in [0.15, 0.2) is 12.1 Å². The minimum atomic E-state index is -0.155. The lowest BCUT2D eigenvalue weighted by atomic mass is 9.92. The van der Waals surface area contributed by atoms with Crippen LogP contribution < -0.4 is 5.73 Å². The summed E-state index contributed by atoms with van der Waals surface area (Å²) in [5.41, 5.74) is 9.51. The molecule has 1 aliphatic heterocycles. The molecule has 1 saturated carbocycles. The summed E-state index contributed by atoms with van der Waals surface area (Å²) < 4.78 is 0. The summed E-state index contributed by atoms with van der Waals surface area (Å²) in [4.78, 5) is 7.14. The first-order chi connectivity index (χ1) is 12.1. The third-order valence-corrected chi connectivity index (χ3v) is 5.88. The minimum Gasteiger partial charge on any atom is -0.504 e. The monoisotopic (exact) mass is 341 g/mol. The van der Waals surface area contributed by atoms with Crippen molar-refractivity contribution in [3.05, 3.63) is 23.4 Å². The van der Waals surface area contributed by atoms with Gasteiger partial charge in [0, 0.05) is 28.9 Å². The molecule has 0 bridgehead atoms. The summed E-state index contributed by atoms with van der Waals surface area (Å²) in [7, 11) is 0. The number of aryl methyl sites for hydroxylation is 1. The first kappa shape index (κ1) is 16.5. The molecule has 5 rings (SSSR count). The van der Waals surface area contributed by atoms with Gasteiger partial charge >= 0.3 is 0 Å². The van der Waals surface area contributed by atoms with E-state index in [1.54, 1.807) is 0 Å². The van der Waals surface area contributed by atoms with Crippen molar-refractivity contribution in [3.63, 3.8) is 0 Å². The van der Waals surface area contributed by atoms with Crippen molar-refractivity contribution in [2.45, 2.75) is 57.4 Å². The zero-order chi connectivity index (χ0) is 17.4. The van der Waals surface area contributed by atoms with Crippen molar-refractivity contribution >= 4 is 16.6 Å². The van der Waals surface area contributed by atoms with E-state index in [4.69, 9.17) is 5.73 Å². The lowest BCUT2D eigenvalue weighted by Crippen LogP contribution is -2.37. The molecule has 25 heavy (non-hydrogen) atoms. The molecule has 0 atom stereocenters. The largest absolute Gasteiger partial charge is 0.504 e. The van der Waals surface area contributed by atoms with Gasteiger partial charge < -0.3 is 20.8 Å². The summed E-state index contributed by atoms with van der Waals surface area (Å²) in [6.07, 6.45) is 10.3. The Labute approximate surface area is 148 Å². The Morgan fingerprint density at radius 2 is 1.68 bits per heavy atom. The number of hydrogen-bond donors (Lipinski definition) is 3. The molecule has 134 valence electrons. The molecular weight excluding hydrogens is 314 g/mol. The van der Waals surface area contributed by atoms with Crippen LogP contribution in [0.1, 0.15) is 49.8 Å². The Hall–Kier alpha value is -2.01. The van der Waals surface area contributed by atoms with Gasteiger partial charge in [0.25, 0.3) is 0 Å². The van der Waals surface area contributed by atoms with E-state index in [2.05, 4.69) is 9.88 Å². The van der Waals surface area contributed by atoms with Gasteiger partial charge in [0.15, 0.2) is 11.5 Å². The van der Waals surface area contributed by atoms with E-state index in [1.165, 1.54) is 57.3 Å². The second-order valence-electron chi connectivity index (χ2n) is 7.49. The van der Waals surface area contributed by atoms with Crippen LogP contribution in [0.3, 0.4) is 0 Å². The number of nitrogens with zero attached hydrogens (tertiary/aromatic N) is 2. The summed E-state index contributed by atoms with van der Waals surface area (Å²) in [5, 5.41) is 19.6. The van der Waals surface area contributed by atoms with Gasteiger partial charge in [-0.25, -0.2) is 0 Å². The Bertz CT molecular complexity index is 780. The summed E-state index contributed by atoms with van der Waals surface area (Å²) >= 11 is 0. The van der Waals surface area contributed by atoms with Crippen LogP contribution in [0.2, 0.25) is 0 Å². The molecule has 4 N–H and O–H groups in total. The van der Waals surface area contributed by atoms with Crippen LogP contribution >= 0.6 is 0 Å². The number of hydrogen-bond acceptors (Lipinski definition) is 5. The van der Waals surface area contributed by atoms with Crippen molar-refractivity contribution < 1.29 is 10.2 Å². The molecule has 0 unspecified atom stereocenters. The van der Waals surface area contributed by atoms with Gasteiger partial charge in [-0.1, -0.05) is 6.42 Å². The number of likely N-dealkylation sites (tertiary alicyclic amines) is 1. The smallest absolute Gasteiger partial charge is 0.159 e. The van der Waals surface area contributed by atoms with Crippen molar-refractivity contribution in [2.24, 2.45) is 0 Å². The van der Waals surface area contributed by atoms with Crippen LogP contribution in [-0.4, -0.2) is 39.2 Å². The van der Waals surface area contributed by atoms with Crippen molar-refractivity contribution in [1.82, 2.24) is 9.88 Å². The molecule has 5 nitrogen and oxygen atoms in total. The molecule has 2 heterocycles. The number of benzene rings is 1. The molecule has 1 saturated heterocycles. The summed E-state index contributed by atoms with van der Waals surface area (Å²) in [6.45, 7) is 2.79. The molecule has 0 amide bonds. The number of nitrogen functional groups attached to an aromatic ring is 1. The highest BCUT2D eigenvalue weighted by Gasteiger charge is 2.26. The highest BCUT2D eigenvalue weighted by atomic mass is 16.3. The quantitative estimate of drug-likeness (QED) is 0.693. The molecule has 2 aromatic rings. The van der Waals surface area contributed by atoms with Gasteiger partial charge in [-0.05, 0) is 69.7 Å². The Balaban J connectivity index is 0.000000147. The maximum atomic E-state index is 9.46. The Morgan fingerprint density at radius 1 is 0.960 bits per heavy atom. The number of aromatic nitrogens is 1. The van der Waals surface area contributed by atoms with Crippen molar-refractivity contribution in [1.29, 1.82) is 0 Å². The molecule has 0 spiro atoms. The molecule has 1 aromatic heterocycles. The highest BCUT2D eigenvalue weighted by Crippen LogP contribution is 2.36. The average Bonchev–Trinajstić information content (AvgIpc) is 3.20. The van der Waals surface area contributed by atoms with Crippen LogP contribution in [-0.2, 0) is 12.8 Å². The minimum absolute atomic E-state index is 0.154. The first-order valence-electron chi connectivity index (χ1n) is 9.50. The van der Waals surface area contributed by atoms with Gasteiger partial charge in [0.1, 0.15) is 0 Å². The average molecular weight is 341 g/mol. The number of anilines is 1. The second kappa shape index (κ2) is 6.71. The number of phenolic OH excluding ortho intramolecular Hbond substituents is 2. The lowest BCUT2D eigenvalue weighted by Gasteiger charge is -2.34. The molecule has 0 radical (unpaired) electrons. The molecule has 2 aliphatic carbocycles. The predicted molar refractivity (Wildman–Crippen MR) is 100.0 cm³/mol. The second-order valence-corrected chi connectivity index (χ2v) is 7.49. The van der Waals surface area contributed by atoms with E-state index in [0.29, 0.717) is 11.2 Å². The maximum absolute atomic E-state index is 9.46. The molecular formula is C20H27N3O2. The molecule has 2 fully saturated rings. The van der Waals surface area contributed by atoms with Crippen LogP contribution in [0.25, 0.3) is 10.9 Å². The fourth-order valence-electron chi connectivity index (χ4n) is 4.18. The van der Waals surface area contributed by atoms with Gasteiger partial charge in [0.05, 0.1) is 5.52 Å². The number of fused-ring (bicyclic) bond motifs is 2. The zero-order valence-electron chi connectivity index (χ0n) is 14.7. The molecule has 3 aliphatic rings. The van der Waals surface area contributed by atoms with E-state index in [0.717, 1.165) is 41.9 Å². The van der Waals surface area contributed by atoms with Crippen LogP contribution in [0.5, 0.6) is 11.5 Å². The van der Waals surface area contributed by atoms with E-state index < -0.39 is 0 Å². The van der Waals surface area contributed by atoms with Crippen LogP contribution in [0.4, 0.5) is 5.69 Å². The van der Waals surface area contributed by atoms with Gasteiger partial charge in [-0.15, -0.1) is 0 Å².